The normalized spacial score (nSPS) is 16.1. The maximum absolute atomic E-state index is 12.5. The molecule has 144 valence electrons. The van der Waals surface area contributed by atoms with Gasteiger partial charge in [0.2, 0.25) is 0 Å². The van der Waals surface area contributed by atoms with Crippen LogP contribution in [0, 0.1) is 6.92 Å². The van der Waals surface area contributed by atoms with E-state index in [0.717, 1.165) is 25.0 Å². The van der Waals surface area contributed by atoms with Gasteiger partial charge >= 0.3 is 0 Å². The molecule has 0 spiro atoms. The zero-order valence-corrected chi connectivity index (χ0v) is 15.6. The van der Waals surface area contributed by atoms with Crippen molar-refractivity contribution >= 4 is 11.6 Å². The number of aryl methyl sites for hydroxylation is 1. The molecule has 28 heavy (non-hydrogen) atoms. The molecular formula is C21H21N3O4. The van der Waals surface area contributed by atoms with E-state index in [0.29, 0.717) is 35.3 Å². The first-order chi connectivity index (χ1) is 13.7. The molecule has 1 saturated heterocycles. The van der Waals surface area contributed by atoms with Crippen molar-refractivity contribution in [3.05, 3.63) is 59.9 Å². The maximum atomic E-state index is 12.5. The Bertz CT molecular complexity index is 946. The number of carbonyl (C=O) groups excluding carboxylic acids is 1. The van der Waals surface area contributed by atoms with E-state index >= 15 is 0 Å². The molecule has 0 aliphatic carbocycles. The number of carbonyl (C=O) groups is 1. The molecule has 1 atom stereocenters. The summed E-state index contributed by atoms with van der Waals surface area (Å²) in [5.74, 6) is 1.50. The van der Waals surface area contributed by atoms with Crippen molar-refractivity contribution in [1.29, 1.82) is 0 Å². The van der Waals surface area contributed by atoms with Gasteiger partial charge in [-0.3, -0.25) is 4.79 Å². The van der Waals surface area contributed by atoms with Gasteiger partial charge in [0.25, 0.3) is 11.8 Å². The second-order valence-corrected chi connectivity index (χ2v) is 6.65. The van der Waals surface area contributed by atoms with Crippen LogP contribution in [-0.2, 0) is 4.74 Å². The highest BCUT2D eigenvalue weighted by molar-refractivity contribution is 6.04. The number of anilines is 1. The number of aromatic nitrogens is 2. The summed E-state index contributed by atoms with van der Waals surface area (Å²) in [4.78, 5) is 16.7. The molecule has 1 unspecified atom stereocenters. The third-order valence-electron chi connectivity index (χ3n) is 4.47. The smallest absolute Gasteiger partial charge is 0.257 e. The molecule has 0 radical (unpaired) electrons. The fourth-order valence-corrected chi connectivity index (χ4v) is 3.01. The average molecular weight is 379 g/mol. The SMILES string of the molecule is Cc1noc(-c2ccc(C(=O)Nc3cccc(OCC4CCCO4)c3)cc2)n1. The molecule has 3 aromatic rings. The Balaban J connectivity index is 1.38. The predicted octanol–water partition coefficient (Wildman–Crippen LogP) is 3.86. The third kappa shape index (κ3) is 4.37. The number of nitrogens with one attached hydrogen (secondary N) is 1. The van der Waals surface area contributed by atoms with Gasteiger partial charge < -0.3 is 19.3 Å². The Hall–Kier alpha value is -3.19. The zero-order chi connectivity index (χ0) is 19.3. The molecule has 2 heterocycles. The lowest BCUT2D eigenvalue weighted by molar-refractivity contribution is 0.0680. The second-order valence-electron chi connectivity index (χ2n) is 6.65. The van der Waals surface area contributed by atoms with Crippen molar-refractivity contribution in [2.24, 2.45) is 0 Å². The first-order valence-electron chi connectivity index (χ1n) is 9.24. The van der Waals surface area contributed by atoms with Crippen molar-refractivity contribution in [2.45, 2.75) is 25.9 Å². The molecular weight excluding hydrogens is 358 g/mol. The van der Waals surface area contributed by atoms with Crippen molar-refractivity contribution in [1.82, 2.24) is 10.1 Å². The molecule has 4 rings (SSSR count). The van der Waals surface area contributed by atoms with Crippen molar-refractivity contribution in [2.75, 3.05) is 18.5 Å². The topological polar surface area (TPSA) is 86.5 Å². The van der Waals surface area contributed by atoms with E-state index in [9.17, 15) is 4.79 Å². The van der Waals surface area contributed by atoms with Gasteiger partial charge in [-0.2, -0.15) is 4.98 Å². The number of amides is 1. The molecule has 1 aromatic heterocycles. The van der Waals surface area contributed by atoms with E-state index in [1.54, 1.807) is 31.2 Å². The molecule has 7 nitrogen and oxygen atoms in total. The van der Waals surface area contributed by atoms with Crippen LogP contribution in [0.15, 0.2) is 53.1 Å². The highest BCUT2D eigenvalue weighted by Crippen LogP contribution is 2.21. The summed E-state index contributed by atoms with van der Waals surface area (Å²) >= 11 is 0. The first-order valence-corrected chi connectivity index (χ1v) is 9.24. The van der Waals surface area contributed by atoms with Crippen molar-refractivity contribution in [3.8, 4) is 17.2 Å². The highest BCUT2D eigenvalue weighted by atomic mass is 16.5. The van der Waals surface area contributed by atoms with Gasteiger partial charge in [-0.15, -0.1) is 0 Å². The average Bonchev–Trinajstić information content (AvgIpc) is 3.38. The minimum Gasteiger partial charge on any atom is -0.491 e. The highest BCUT2D eigenvalue weighted by Gasteiger charge is 2.16. The zero-order valence-electron chi connectivity index (χ0n) is 15.6. The molecule has 2 aromatic carbocycles. The van der Waals surface area contributed by atoms with Crippen LogP contribution in [0.4, 0.5) is 5.69 Å². The van der Waals surface area contributed by atoms with Crippen LogP contribution in [0.1, 0.15) is 29.0 Å². The minimum atomic E-state index is -0.204. The van der Waals surface area contributed by atoms with Crippen LogP contribution in [0.5, 0.6) is 5.75 Å². The van der Waals surface area contributed by atoms with Gasteiger partial charge in [0.05, 0.1) is 6.10 Å². The largest absolute Gasteiger partial charge is 0.491 e. The van der Waals surface area contributed by atoms with Crippen molar-refractivity contribution in [3.63, 3.8) is 0 Å². The van der Waals surface area contributed by atoms with E-state index in [-0.39, 0.29) is 12.0 Å². The van der Waals surface area contributed by atoms with Crippen LogP contribution in [0.2, 0.25) is 0 Å². The maximum Gasteiger partial charge on any atom is 0.257 e. The lowest BCUT2D eigenvalue weighted by Crippen LogP contribution is -2.16. The predicted molar refractivity (Wildman–Crippen MR) is 103 cm³/mol. The Kier molecular flexibility index (Phi) is 5.34. The number of ether oxygens (including phenoxy) is 2. The molecule has 0 bridgehead atoms. The Morgan fingerprint density at radius 1 is 1.25 bits per heavy atom. The van der Waals surface area contributed by atoms with Gasteiger partial charge in [0, 0.05) is 29.5 Å². The van der Waals surface area contributed by atoms with Crippen LogP contribution in [0.25, 0.3) is 11.5 Å². The van der Waals surface area contributed by atoms with Gasteiger partial charge in [0.15, 0.2) is 5.82 Å². The summed E-state index contributed by atoms with van der Waals surface area (Å²) in [5, 5.41) is 6.66. The van der Waals surface area contributed by atoms with Crippen LogP contribution < -0.4 is 10.1 Å². The van der Waals surface area contributed by atoms with Crippen LogP contribution >= 0.6 is 0 Å². The summed E-state index contributed by atoms with van der Waals surface area (Å²) < 4.78 is 16.5. The number of hydrogen-bond donors (Lipinski definition) is 1. The number of nitrogens with zero attached hydrogens (tertiary/aromatic N) is 2. The lowest BCUT2D eigenvalue weighted by atomic mass is 10.1. The Labute approximate surface area is 162 Å². The van der Waals surface area contributed by atoms with Gasteiger partial charge in [-0.1, -0.05) is 11.2 Å². The van der Waals surface area contributed by atoms with Gasteiger partial charge in [-0.05, 0) is 56.2 Å². The molecule has 1 amide bonds. The number of benzene rings is 2. The van der Waals surface area contributed by atoms with E-state index in [1.807, 2.05) is 24.3 Å². The van der Waals surface area contributed by atoms with Gasteiger partial charge in [-0.25, -0.2) is 0 Å². The van der Waals surface area contributed by atoms with E-state index < -0.39 is 0 Å². The lowest BCUT2D eigenvalue weighted by Gasteiger charge is -2.12. The quantitative estimate of drug-likeness (QED) is 0.700. The fourth-order valence-electron chi connectivity index (χ4n) is 3.01. The second kappa shape index (κ2) is 8.22. The Morgan fingerprint density at radius 2 is 2.11 bits per heavy atom. The molecule has 1 fully saturated rings. The summed E-state index contributed by atoms with van der Waals surface area (Å²) in [5.41, 5.74) is 1.97. The van der Waals surface area contributed by atoms with Crippen LogP contribution in [-0.4, -0.2) is 35.4 Å². The summed E-state index contributed by atoms with van der Waals surface area (Å²) in [6.45, 7) is 3.08. The molecule has 7 heteroatoms. The van der Waals surface area contributed by atoms with Gasteiger partial charge in [0.1, 0.15) is 12.4 Å². The minimum absolute atomic E-state index is 0.152. The number of rotatable bonds is 6. The van der Waals surface area contributed by atoms with E-state index in [1.165, 1.54) is 0 Å². The third-order valence-corrected chi connectivity index (χ3v) is 4.47. The Morgan fingerprint density at radius 3 is 2.82 bits per heavy atom. The van der Waals surface area contributed by atoms with E-state index in [2.05, 4.69) is 15.5 Å². The molecule has 1 aliphatic rings. The molecule has 0 saturated carbocycles. The molecule has 1 N–H and O–H groups in total. The van der Waals surface area contributed by atoms with Crippen LogP contribution in [0.3, 0.4) is 0 Å². The summed E-state index contributed by atoms with van der Waals surface area (Å²) in [6, 6.07) is 14.4. The van der Waals surface area contributed by atoms with E-state index in [4.69, 9.17) is 14.0 Å². The fraction of sp³-hybridized carbons (Fsp3) is 0.286. The van der Waals surface area contributed by atoms with Crippen molar-refractivity contribution < 1.29 is 18.8 Å². The summed E-state index contributed by atoms with van der Waals surface area (Å²) in [7, 11) is 0. The number of hydrogen-bond acceptors (Lipinski definition) is 6. The summed E-state index contributed by atoms with van der Waals surface area (Å²) in [6.07, 6.45) is 2.25. The first kappa shape index (κ1) is 18.2. The molecule has 1 aliphatic heterocycles. The monoisotopic (exact) mass is 379 g/mol. The standard InChI is InChI=1S/C21H21N3O4/c1-14-22-21(28-24-14)16-9-7-15(8-10-16)20(25)23-17-4-2-5-18(12-17)27-13-19-6-3-11-26-19/h2,4-5,7-10,12,19H,3,6,11,13H2,1H3,(H,23,25).